The van der Waals surface area contributed by atoms with E-state index in [0.29, 0.717) is 5.69 Å². The van der Waals surface area contributed by atoms with Crippen LogP contribution >= 0.6 is 11.3 Å². The monoisotopic (exact) mass is 315 g/mol. The van der Waals surface area contributed by atoms with Crippen molar-refractivity contribution < 1.29 is 19.1 Å². The van der Waals surface area contributed by atoms with Crippen molar-refractivity contribution in [2.75, 3.05) is 14.2 Å². The molecule has 6 heteroatoms. The van der Waals surface area contributed by atoms with Crippen LogP contribution in [-0.2, 0) is 19.1 Å². The van der Waals surface area contributed by atoms with Crippen LogP contribution in [0.15, 0.2) is 42.5 Å². The van der Waals surface area contributed by atoms with E-state index in [2.05, 4.69) is 4.74 Å². The van der Waals surface area contributed by atoms with Crippen molar-refractivity contribution in [3.8, 4) is 0 Å². The fourth-order valence-corrected chi connectivity index (χ4v) is 3.38. The topological polar surface area (TPSA) is 57.0 Å². The lowest BCUT2D eigenvalue weighted by atomic mass is 10.1. The van der Waals surface area contributed by atoms with Gasteiger partial charge in [0.25, 0.3) is 0 Å². The van der Waals surface area contributed by atoms with Gasteiger partial charge in [-0.25, -0.2) is 9.59 Å². The van der Waals surface area contributed by atoms with E-state index in [1.54, 1.807) is 17.4 Å². The Kier molecular flexibility index (Phi) is 3.68. The molecule has 2 aromatic heterocycles. The molecule has 2 heterocycles. The molecule has 0 bridgehead atoms. The van der Waals surface area contributed by atoms with E-state index in [1.807, 2.05) is 34.7 Å². The van der Waals surface area contributed by atoms with Crippen LogP contribution in [0.1, 0.15) is 5.69 Å². The molecule has 0 aliphatic carbocycles. The van der Waals surface area contributed by atoms with E-state index in [-0.39, 0.29) is 5.57 Å². The number of nitrogens with zero attached hydrogens (tertiary/aromatic N) is 1. The standard InChI is InChI=1S/C16H13NO4S/c1-20-15(18)9-10(16(19)21-2)11-7-8-14-17(11)12-5-3-4-6-13(12)22-14/h3-9H,1-2H3/b10-9-. The van der Waals surface area contributed by atoms with Crippen LogP contribution < -0.4 is 0 Å². The predicted molar refractivity (Wildman–Crippen MR) is 84.8 cm³/mol. The van der Waals surface area contributed by atoms with Crippen molar-refractivity contribution in [3.05, 3.63) is 48.2 Å². The molecule has 0 saturated heterocycles. The molecule has 3 rings (SSSR count). The van der Waals surface area contributed by atoms with Gasteiger partial charge in [-0.05, 0) is 24.3 Å². The third-order valence-electron chi connectivity index (χ3n) is 3.31. The highest BCUT2D eigenvalue weighted by Crippen LogP contribution is 2.31. The van der Waals surface area contributed by atoms with Gasteiger partial charge in [-0.3, -0.25) is 4.40 Å². The number of rotatable bonds is 3. The predicted octanol–water partition coefficient (Wildman–Crippen LogP) is 2.88. The van der Waals surface area contributed by atoms with Crippen LogP contribution in [0, 0.1) is 0 Å². The summed E-state index contributed by atoms with van der Waals surface area (Å²) < 4.78 is 12.5. The number of para-hydroxylation sites is 1. The Labute approximate surface area is 130 Å². The molecule has 22 heavy (non-hydrogen) atoms. The second-order valence-electron chi connectivity index (χ2n) is 4.53. The molecule has 0 fully saturated rings. The number of benzene rings is 1. The summed E-state index contributed by atoms with van der Waals surface area (Å²) in [4.78, 5) is 24.6. The molecular formula is C16H13NO4S. The quantitative estimate of drug-likeness (QED) is 0.551. The summed E-state index contributed by atoms with van der Waals surface area (Å²) in [5.74, 6) is -1.18. The summed E-state index contributed by atoms with van der Waals surface area (Å²) in [7, 11) is 2.55. The van der Waals surface area contributed by atoms with Crippen molar-refractivity contribution in [1.29, 1.82) is 0 Å². The maximum Gasteiger partial charge on any atom is 0.340 e. The fourth-order valence-electron chi connectivity index (χ4n) is 2.32. The number of hydrogen-bond donors (Lipinski definition) is 0. The molecule has 5 nitrogen and oxygen atoms in total. The Balaban J connectivity index is 2.28. The molecule has 0 N–H and O–H groups in total. The van der Waals surface area contributed by atoms with Crippen molar-refractivity contribution in [2.24, 2.45) is 0 Å². The molecule has 0 saturated carbocycles. The van der Waals surface area contributed by atoms with Crippen molar-refractivity contribution in [2.45, 2.75) is 0 Å². The van der Waals surface area contributed by atoms with E-state index in [0.717, 1.165) is 21.1 Å². The average molecular weight is 315 g/mol. The number of methoxy groups -OCH3 is 2. The van der Waals surface area contributed by atoms with Gasteiger partial charge in [-0.2, -0.15) is 0 Å². The molecule has 112 valence electrons. The molecule has 3 aromatic rings. The smallest absolute Gasteiger partial charge is 0.340 e. The van der Waals surface area contributed by atoms with Gasteiger partial charge in [-0.1, -0.05) is 12.1 Å². The van der Waals surface area contributed by atoms with Crippen LogP contribution in [0.4, 0.5) is 0 Å². The molecule has 0 unspecified atom stereocenters. The number of aromatic nitrogens is 1. The van der Waals surface area contributed by atoms with Gasteiger partial charge in [0.15, 0.2) is 0 Å². The number of carbonyl (C=O) groups excluding carboxylic acids is 2. The summed E-state index contributed by atoms with van der Waals surface area (Å²) >= 11 is 1.61. The third kappa shape index (κ3) is 2.27. The first-order valence-electron chi connectivity index (χ1n) is 6.53. The molecule has 0 radical (unpaired) electrons. The van der Waals surface area contributed by atoms with Crippen LogP contribution in [-0.4, -0.2) is 30.6 Å². The second-order valence-corrected chi connectivity index (χ2v) is 5.60. The number of hydrogen-bond acceptors (Lipinski definition) is 5. The Bertz CT molecular complexity index is 903. The first-order valence-corrected chi connectivity index (χ1v) is 7.34. The van der Waals surface area contributed by atoms with Gasteiger partial charge in [0.1, 0.15) is 4.83 Å². The maximum atomic E-state index is 12.1. The minimum absolute atomic E-state index is 0.165. The first kappa shape index (κ1) is 14.3. The summed E-state index contributed by atoms with van der Waals surface area (Å²) in [6.07, 6.45) is 1.15. The van der Waals surface area contributed by atoms with Gasteiger partial charge < -0.3 is 9.47 Å². The lowest BCUT2D eigenvalue weighted by Crippen LogP contribution is -2.09. The molecule has 0 aliphatic heterocycles. The second kappa shape index (κ2) is 5.65. The highest BCUT2D eigenvalue weighted by molar-refractivity contribution is 7.24. The number of fused-ring (bicyclic) bond motifs is 3. The largest absolute Gasteiger partial charge is 0.466 e. The van der Waals surface area contributed by atoms with E-state index >= 15 is 0 Å². The number of ether oxygens (including phenoxy) is 2. The van der Waals surface area contributed by atoms with Crippen LogP contribution in [0.5, 0.6) is 0 Å². The van der Waals surface area contributed by atoms with Crippen LogP contribution in [0.25, 0.3) is 20.6 Å². The average Bonchev–Trinajstić information content (AvgIpc) is 3.10. The zero-order valence-electron chi connectivity index (χ0n) is 12.0. The SMILES string of the molecule is COC(=O)/C=C(\C(=O)OC)c1ccc2sc3ccccc3n12. The fraction of sp³-hybridized carbons (Fsp3) is 0.125. The van der Waals surface area contributed by atoms with Crippen molar-refractivity contribution in [3.63, 3.8) is 0 Å². The van der Waals surface area contributed by atoms with Crippen molar-refractivity contribution in [1.82, 2.24) is 4.40 Å². The summed E-state index contributed by atoms with van der Waals surface area (Å²) in [6, 6.07) is 11.6. The van der Waals surface area contributed by atoms with E-state index in [1.165, 1.54) is 14.2 Å². The highest BCUT2D eigenvalue weighted by Gasteiger charge is 2.20. The lowest BCUT2D eigenvalue weighted by Gasteiger charge is -2.05. The van der Waals surface area contributed by atoms with E-state index in [9.17, 15) is 9.59 Å². The highest BCUT2D eigenvalue weighted by atomic mass is 32.1. The number of thiazole rings is 1. The molecule has 0 spiro atoms. The lowest BCUT2D eigenvalue weighted by molar-refractivity contribution is -0.136. The molecule has 1 aromatic carbocycles. The van der Waals surface area contributed by atoms with Crippen LogP contribution in [0.2, 0.25) is 0 Å². The number of carbonyl (C=O) groups is 2. The Morgan fingerprint density at radius 1 is 1.09 bits per heavy atom. The molecule has 0 atom stereocenters. The summed E-state index contributed by atoms with van der Waals surface area (Å²) in [6.45, 7) is 0. The Morgan fingerprint density at radius 2 is 1.86 bits per heavy atom. The molecule has 0 aliphatic rings. The van der Waals surface area contributed by atoms with Gasteiger partial charge in [0, 0.05) is 6.08 Å². The van der Waals surface area contributed by atoms with Gasteiger partial charge in [0.2, 0.25) is 0 Å². The van der Waals surface area contributed by atoms with E-state index in [4.69, 9.17) is 4.74 Å². The molecule has 0 amide bonds. The normalized spacial score (nSPS) is 11.8. The summed E-state index contributed by atoms with van der Waals surface area (Å²) in [5.41, 5.74) is 1.74. The van der Waals surface area contributed by atoms with Crippen LogP contribution in [0.3, 0.4) is 0 Å². The zero-order valence-corrected chi connectivity index (χ0v) is 12.8. The van der Waals surface area contributed by atoms with Gasteiger partial charge in [-0.15, -0.1) is 11.3 Å². The Morgan fingerprint density at radius 3 is 2.59 bits per heavy atom. The van der Waals surface area contributed by atoms with Gasteiger partial charge >= 0.3 is 11.9 Å². The first-order chi connectivity index (χ1) is 10.7. The molecular weight excluding hydrogens is 302 g/mol. The Hall–Kier alpha value is -2.60. The number of esters is 2. The maximum absolute atomic E-state index is 12.1. The minimum atomic E-state index is -0.602. The van der Waals surface area contributed by atoms with Gasteiger partial charge in [0.05, 0.1) is 35.7 Å². The summed E-state index contributed by atoms with van der Waals surface area (Å²) in [5, 5.41) is 0. The van der Waals surface area contributed by atoms with Crippen molar-refractivity contribution >= 4 is 43.9 Å². The zero-order chi connectivity index (χ0) is 15.7. The third-order valence-corrected chi connectivity index (χ3v) is 4.40. The minimum Gasteiger partial charge on any atom is -0.466 e. The van der Waals surface area contributed by atoms with E-state index < -0.39 is 11.9 Å².